The molecule has 0 amide bonds. The molecular formula is C31H31BrN4O3S. The third-order valence-corrected chi connectivity index (χ3v) is 8.02. The van der Waals surface area contributed by atoms with Gasteiger partial charge >= 0.3 is 5.97 Å². The molecule has 3 aromatic carbocycles. The van der Waals surface area contributed by atoms with E-state index in [1.165, 1.54) is 5.56 Å². The smallest absolute Gasteiger partial charge is 0.338 e. The Balaban J connectivity index is 1.53. The van der Waals surface area contributed by atoms with Crippen molar-refractivity contribution in [1.82, 2.24) is 14.8 Å². The lowest BCUT2D eigenvalue weighted by Gasteiger charge is -2.29. The SMILES string of the molecule is CCCSc1nc2n(n1)C(c1cc(Br)ccc1OCc1ccc(C)cc1)C(C(=O)OCc1ccccc1)=C(C)N2. The van der Waals surface area contributed by atoms with Crippen molar-refractivity contribution in [2.75, 3.05) is 11.1 Å². The van der Waals surface area contributed by atoms with Crippen LogP contribution in [0.25, 0.3) is 0 Å². The average Bonchev–Trinajstić information content (AvgIpc) is 3.37. The van der Waals surface area contributed by atoms with Crippen LogP contribution in [-0.2, 0) is 22.7 Å². The number of nitrogens with zero attached hydrogens (tertiary/aromatic N) is 3. The van der Waals surface area contributed by atoms with Gasteiger partial charge < -0.3 is 14.8 Å². The van der Waals surface area contributed by atoms with Crippen LogP contribution >= 0.6 is 27.7 Å². The van der Waals surface area contributed by atoms with E-state index in [0.717, 1.165) is 33.3 Å². The first-order valence-electron chi connectivity index (χ1n) is 13.2. The molecule has 0 aliphatic carbocycles. The topological polar surface area (TPSA) is 78.3 Å². The van der Waals surface area contributed by atoms with Gasteiger partial charge in [0.05, 0.1) is 5.57 Å². The molecule has 0 spiro atoms. The van der Waals surface area contributed by atoms with Crippen LogP contribution in [0.15, 0.2) is 93.7 Å². The number of aromatic nitrogens is 3. The number of hydrogen-bond donors (Lipinski definition) is 1. The number of allylic oxidation sites excluding steroid dienone is 1. The van der Waals surface area contributed by atoms with Crippen molar-refractivity contribution >= 4 is 39.6 Å². The highest BCUT2D eigenvalue weighted by Crippen LogP contribution is 2.41. The largest absolute Gasteiger partial charge is 0.489 e. The van der Waals surface area contributed by atoms with E-state index in [4.69, 9.17) is 19.6 Å². The molecule has 1 aliphatic rings. The van der Waals surface area contributed by atoms with Crippen LogP contribution in [0.3, 0.4) is 0 Å². The fraction of sp³-hybridized carbons (Fsp3) is 0.258. The number of esters is 1. The molecule has 7 nitrogen and oxygen atoms in total. The zero-order valence-electron chi connectivity index (χ0n) is 22.7. The molecular weight excluding hydrogens is 588 g/mol. The van der Waals surface area contributed by atoms with Gasteiger partial charge in [0, 0.05) is 21.5 Å². The van der Waals surface area contributed by atoms with Crippen molar-refractivity contribution in [2.45, 2.75) is 51.6 Å². The van der Waals surface area contributed by atoms with Gasteiger partial charge in [0.25, 0.3) is 0 Å². The Kier molecular flexibility index (Phi) is 8.91. The van der Waals surface area contributed by atoms with E-state index < -0.39 is 12.0 Å². The van der Waals surface area contributed by atoms with Crippen molar-refractivity contribution in [3.05, 3.63) is 111 Å². The first kappa shape index (κ1) is 28.0. The lowest BCUT2D eigenvalue weighted by atomic mass is 9.95. The monoisotopic (exact) mass is 618 g/mol. The molecule has 2 heterocycles. The van der Waals surface area contributed by atoms with E-state index in [1.807, 2.05) is 55.5 Å². The maximum absolute atomic E-state index is 13.7. The summed E-state index contributed by atoms with van der Waals surface area (Å²) < 4.78 is 14.8. The fourth-order valence-corrected chi connectivity index (χ4v) is 5.51. The Hall–Kier alpha value is -3.56. The maximum atomic E-state index is 13.7. The van der Waals surface area contributed by atoms with Gasteiger partial charge in [-0.3, -0.25) is 0 Å². The highest BCUT2D eigenvalue weighted by molar-refractivity contribution is 9.10. The highest BCUT2D eigenvalue weighted by atomic mass is 79.9. The summed E-state index contributed by atoms with van der Waals surface area (Å²) in [5.74, 6) is 1.70. The Morgan fingerprint density at radius 3 is 2.52 bits per heavy atom. The van der Waals surface area contributed by atoms with Crippen molar-refractivity contribution in [2.24, 2.45) is 0 Å². The number of halogens is 1. The zero-order valence-corrected chi connectivity index (χ0v) is 25.1. The number of rotatable bonds is 10. The number of fused-ring (bicyclic) bond motifs is 1. The number of carbonyl (C=O) groups is 1. The second kappa shape index (κ2) is 12.7. The van der Waals surface area contributed by atoms with Gasteiger partial charge in [-0.15, -0.1) is 5.10 Å². The quantitative estimate of drug-likeness (QED) is 0.146. The summed E-state index contributed by atoms with van der Waals surface area (Å²) in [7, 11) is 0. The summed E-state index contributed by atoms with van der Waals surface area (Å²) in [6.07, 6.45) is 1.00. The average molecular weight is 620 g/mol. The first-order chi connectivity index (χ1) is 19.4. The summed E-state index contributed by atoms with van der Waals surface area (Å²) in [5, 5.41) is 8.76. The number of aryl methyl sites for hydroxylation is 1. The number of hydrogen-bond acceptors (Lipinski definition) is 7. The van der Waals surface area contributed by atoms with E-state index in [-0.39, 0.29) is 6.61 Å². The fourth-order valence-electron chi connectivity index (χ4n) is 4.45. The van der Waals surface area contributed by atoms with Crippen LogP contribution in [0.1, 0.15) is 48.6 Å². The normalized spacial score (nSPS) is 14.4. The lowest BCUT2D eigenvalue weighted by molar-refractivity contribution is -0.140. The Morgan fingerprint density at radius 2 is 1.77 bits per heavy atom. The standard InChI is InChI=1S/C31H31BrN4O3S/c1-4-16-40-31-34-30-33-21(3)27(29(37)39-19-22-8-6-5-7-9-22)28(36(30)35-31)25-17-24(32)14-15-26(25)38-18-23-12-10-20(2)11-13-23/h5-15,17,28H,4,16,18-19H2,1-3H3,(H,33,34,35). The van der Waals surface area contributed by atoms with Crippen LogP contribution < -0.4 is 10.1 Å². The summed E-state index contributed by atoms with van der Waals surface area (Å²) in [5.41, 5.74) is 5.07. The van der Waals surface area contributed by atoms with Crippen molar-refractivity contribution in [3.63, 3.8) is 0 Å². The van der Waals surface area contributed by atoms with Crippen molar-refractivity contribution in [3.8, 4) is 5.75 Å². The molecule has 0 radical (unpaired) electrons. The second-order valence-electron chi connectivity index (χ2n) is 9.60. The number of nitrogens with one attached hydrogen (secondary N) is 1. The second-order valence-corrected chi connectivity index (χ2v) is 11.6. The van der Waals surface area contributed by atoms with Gasteiger partial charge in [-0.25, -0.2) is 9.48 Å². The Bertz CT molecular complexity index is 1520. The maximum Gasteiger partial charge on any atom is 0.338 e. The molecule has 0 saturated heterocycles. The van der Waals surface area contributed by atoms with Gasteiger partial charge in [0.1, 0.15) is 25.0 Å². The van der Waals surface area contributed by atoms with Gasteiger partial charge in [0.15, 0.2) is 0 Å². The van der Waals surface area contributed by atoms with E-state index in [0.29, 0.717) is 34.7 Å². The van der Waals surface area contributed by atoms with Crippen molar-refractivity contribution < 1.29 is 14.3 Å². The molecule has 206 valence electrons. The van der Waals surface area contributed by atoms with Gasteiger partial charge in [-0.1, -0.05) is 94.8 Å². The van der Waals surface area contributed by atoms with E-state index >= 15 is 0 Å². The molecule has 4 aromatic rings. The van der Waals surface area contributed by atoms with E-state index in [9.17, 15) is 4.79 Å². The minimum absolute atomic E-state index is 0.167. The van der Waals surface area contributed by atoms with Crippen LogP contribution in [0.2, 0.25) is 0 Å². The van der Waals surface area contributed by atoms with Gasteiger partial charge in [-0.05, 0) is 49.6 Å². The number of anilines is 1. The third kappa shape index (κ3) is 6.42. The van der Waals surface area contributed by atoms with Gasteiger partial charge in [-0.2, -0.15) is 4.98 Å². The molecule has 5 rings (SSSR count). The molecule has 1 atom stereocenters. The van der Waals surface area contributed by atoms with Crippen molar-refractivity contribution in [1.29, 1.82) is 0 Å². The predicted molar refractivity (Wildman–Crippen MR) is 161 cm³/mol. The molecule has 40 heavy (non-hydrogen) atoms. The first-order valence-corrected chi connectivity index (χ1v) is 15.0. The third-order valence-electron chi connectivity index (χ3n) is 6.48. The molecule has 0 saturated carbocycles. The number of carbonyl (C=O) groups excluding carboxylic acids is 1. The van der Waals surface area contributed by atoms with Gasteiger partial charge in [0.2, 0.25) is 11.1 Å². The minimum atomic E-state index is -0.603. The van der Waals surface area contributed by atoms with Crippen LogP contribution in [0.4, 0.5) is 5.95 Å². The minimum Gasteiger partial charge on any atom is -0.489 e. The van der Waals surface area contributed by atoms with E-state index in [1.54, 1.807) is 16.4 Å². The van der Waals surface area contributed by atoms with Crippen LogP contribution in [-0.4, -0.2) is 26.5 Å². The Morgan fingerprint density at radius 1 is 1.02 bits per heavy atom. The molecule has 9 heteroatoms. The number of ether oxygens (including phenoxy) is 2. The summed E-state index contributed by atoms with van der Waals surface area (Å²) in [6, 6.07) is 23.1. The molecule has 0 fully saturated rings. The molecule has 1 aromatic heterocycles. The lowest BCUT2D eigenvalue weighted by Crippen LogP contribution is -2.30. The van der Waals surface area contributed by atoms with E-state index in [2.05, 4.69) is 59.4 Å². The highest BCUT2D eigenvalue weighted by Gasteiger charge is 2.37. The molecule has 1 aliphatic heterocycles. The summed E-state index contributed by atoms with van der Waals surface area (Å²) >= 11 is 5.21. The molecule has 1 N–H and O–H groups in total. The molecule has 1 unspecified atom stereocenters. The molecule has 0 bridgehead atoms. The van der Waals surface area contributed by atoms with Crippen LogP contribution in [0, 0.1) is 6.92 Å². The zero-order chi connectivity index (χ0) is 28.1. The number of thioether (sulfide) groups is 1. The summed E-state index contributed by atoms with van der Waals surface area (Å²) in [4.78, 5) is 18.4. The number of benzene rings is 3. The predicted octanol–water partition coefficient (Wildman–Crippen LogP) is 7.46. The van der Waals surface area contributed by atoms with Crippen LogP contribution in [0.5, 0.6) is 5.75 Å². The summed E-state index contributed by atoms with van der Waals surface area (Å²) in [6.45, 7) is 6.60. The Labute approximate surface area is 247 Å².